The third-order valence-electron chi connectivity index (χ3n) is 5.20. The number of hydrogen-bond donors (Lipinski definition) is 2. The number of nitrogens with zero attached hydrogens (tertiary/aromatic N) is 1. The maximum absolute atomic E-state index is 12.6. The molecule has 0 aromatic rings. The Morgan fingerprint density at radius 1 is 1.42 bits per heavy atom. The standard InChI is InChI=1S/C15H28N2O2/c1-10-6-7-17(14(10)9-18)15(19)11(2)12-4-3-5-13(16)8-12/h10-14,18H,3-9,16H2,1-2H3. The van der Waals surface area contributed by atoms with E-state index in [1.165, 1.54) is 0 Å². The maximum atomic E-state index is 12.6. The van der Waals surface area contributed by atoms with E-state index in [9.17, 15) is 9.90 Å². The average molecular weight is 268 g/mol. The van der Waals surface area contributed by atoms with E-state index >= 15 is 0 Å². The highest BCUT2D eigenvalue weighted by Gasteiger charge is 2.38. The van der Waals surface area contributed by atoms with Gasteiger partial charge < -0.3 is 15.7 Å². The molecule has 4 nitrogen and oxygen atoms in total. The van der Waals surface area contributed by atoms with Crippen LogP contribution in [0.2, 0.25) is 0 Å². The van der Waals surface area contributed by atoms with Crippen molar-refractivity contribution < 1.29 is 9.90 Å². The van der Waals surface area contributed by atoms with Gasteiger partial charge in [0.15, 0.2) is 0 Å². The molecule has 2 fully saturated rings. The summed E-state index contributed by atoms with van der Waals surface area (Å²) in [6, 6.07) is 0.285. The van der Waals surface area contributed by atoms with Crippen LogP contribution in [0.4, 0.5) is 0 Å². The molecule has 2 aliphatic rings. The molecule has 0 spiro atoms. The minimum absolute atomic E-state index is 0.0206. The number of aliphatic hydroxyl groups is 1. The summed E-state index contributed by atoms with van der Waals surface area (Å²) in [4.78, 5) is 14.6. The summed E-state index contributed by atoms with van der Waals surface area (Å²) in [7, 11) is 0. The zero-order valence-corrected chi connectivity index (χ0v) is 12.2. The maximum Gasteiger partial charge on any atom is 0.226 e. The number of rotatable bonds is 3. The molecule has 1 aliphatic heterocycles. The van der Waals surface area contributed by atoms with Crippen molar-refractivity contribution in [3.8, 4) is 0 Å². The van der Waals surface area contributed by atoms with Crippen molar-refractivity contribution in [2.45, 2.75) is 58.0 Å². The smallest absolute Gasteiger partial charge is 0.226 e. The van der Waals surface area contributed by atoms with E-state index in [0.29, 0.717) is 11.8 Å². The summed E-state index contributed by atoms with van der Waals surface area (Å²) >= 11 is 0. The van der Waals surface area contributed by atoms with Crippen molar-refractivity contribution in [3.63, 3.8) is 0 Å². The zero-order valence-electron chi connectivity index (χ0n) is 12.2. The first-order chi connectivity index (χ1) is 9.04. The van der Waals surface area contributed by atoms with Crippen molar-refractivity contribution in [3.05, 3.63) is 0 Å². The molecule has 1 heterocycles. The molecule has 19 heavy (non-hydrogen) atoms. The molecule has 1 aliphatic carbocycles. The van der Waals surface area contributed by atoms with Gasteiger partial charge in [0.2, 0.25) is 5.91 Å². The lowest BCUT2D eigenvalue weighted by Crippen LogP contribution is -2.45. The summed E-state index contributed by atoms with van der Waals surface area (Å²) in [6.45, 7) is 5.05. The molecule has 1 saturated heterocycles. The van der Waals surface area contributed by atoms with Crippen LogP contribution in [0.15, 0.2) is 0 Å². The summed E-state index contributed by atoms with van der Waals surface area (Å²) < 4.78 is 0. The van der Waals surface area contributed by atoms with E-state index in [4.69, 9.17) is 5.73 Å². The first-order valence-electron chi connectivity index (χ1n) is 7.71. The van der Waals surface area contributed by atoms with Gasteiger partial charge in [0.25, 0.3) is 0 Å². The molecule has 0 bridgehead atoms. The molecule has 3 N–H and O–H groups in total. The van der Waals surface area contributed by atoms with Crippen molar-refractivity contribution in [2.24, 2.45) is 23.5 Å². The van der Waals surface area contributed by atoms with Crippen LogP contribution >= 0.6 is 0 Å². The van der Waals surface area contributed by atoms with Crippen LogP contribution in [-0.4, -0.2) is 41.1 Å². The second-order valence-corrected chi connectivity index (χ2v) is 6.52. The quantitative estimate of drug-likeness (QED) is 0.812. The van der Waals surface area contributed by atoms with E-state index in [1.54, 1.807) is 0 Å². The Bertz CT molecular complexity index is 321. The van der Waals surface area contributed by atoms with Gasteiger partial charge in [-0.1, -0.05) is 20.3 Å². The summed E-state index contributed by atoms with van der Waals surface area (Å²) in [5, 5.41) is 9.48. The number of likely N-dealkylation sites (tertiary alicyclic amines) is 1. The molecule has 2 rings (SSSR count). The van der Waals surface area contributed by atoms with Gasteiger partial charge in [-0.3, -0.25) is 4.79 Å². The van der Waals surface area contributed by atoms with Gasteiger partial charge in [-0.05, 0) is 37.5 Å². The Labute approximate surface area is 116 Å². The highest BCUT2D eigenvalue weighted by molar-refractivity contribution is 5.79. The lowest BCUT2D eigenvalue weighted by atomic mass is 9.78. The third-order valence-corrected chi connectivity index (χ3v) is 5.20. The predicted molar refractivity (Wildman–Crippen MR) is 75.5 cm³/mol. The first-order valence-corrected chi connectivity index (χ1v) is 7.71. The van der Waals surface area contributed by atoms with E-state index in [2.05, 4.69) is 6.92 Å². The molecule has 110 valence electrons. The van der Waals surface area contributed by atoms with E-state index in [-0.39, 0.29) is 30.5 Å². The monoisotopic (exact) mass is 268 g/mol. The fourth-order valence-corrected chi connectivity index (χ4v) is 3.74. The minimum atomic E-state index is 0.0206. The van der Waals surface area contributed by atoms with Gasteiger partial charge in [-0.15, -0.1) is 0 Å². The van der Waals surface area contributed by atoms with Crippen LogP contribution in [0.3, 0.4) is 0 Å². The Kier molecular flexibility index (Phi) is 4.85. The molecule has 1 saturated carbocycles. The van der Waals surface area contributed by atoms with Crippen LogP contribution in [0.25, 0.3) is 0 Å². The highest BCUT2D eigenvalue weighted by Crippen LogP contribution is 2.33. The summed E-state index contributed by atoms with van der Waals surface area (Å²) in [5.74, 6) is 1.11. The summed E-state index contributed by atoms with van der Waals surface area (Å²) in [6.07, 6.45) is 5.34. The van der Waals surface area contributed by atoms with E-state index in [0.717, 1.165) is 38.6 Å². The molecule has 0 radical (unpaired) electrons. The average Bonchev–Trinajstić information content (AvgIpc) is 2.78. The number of nitrogens with two attached hydrogens (primary N) is 1. The number of amides is 1. The number of aliphatic hydroxyl groups excluding tert-OH is 1. The molecular weight excluding hydrogens is 240 g/mol. The molecule has 4 heteroatoms. The molecule has 1 amide bonds. The van der Waals surface area contributed by atoms with Crippen molar-refractivity contribution >= 4 is 5.91 Å². The number of carbonyl (C=O) groups is 1. The largest absolute Gasteiger partial charge is 0.394 e. The Morgan fingerprint density at radius 2 is 2.16 bits per heavy atom. The Morgan fingerprint density at radius 3 is 2.79 bits per heavy atom. The molecular formula is C15H28N2O2. The van der Waals surface area contributed by atoms with Gasteiger partial charge in [-0.2, -0.15) is 0 Å². The first kappa shape index (κ1) is 14.8. The fraction of sp³-hybridized carbons (Fsp3) is 0.933. The van der Waals surface area contributed by atoms with Crippen molar-refractivity contribution in [1.29, 1.82) is 0 Å². The predicted octanol–water partition coefficient (Wildman–Crippen LogP) is 1.37. The molecule has 5 unspecified atom stereocenters. The third kappa shape index (κ3) is 3.11. The number of hydrogen-bond acceptors (Lipinski definition) is 3. The van der Waals surface area contributed by atoms with E-state index in [1.807, 2.05) is 11.8 Å². The van der Waals surface area contributed by atoms with Gasteiger partial charge >= 0.3 is 0 Å². The van der Waals surface area contributed by atoms with Crippen LogP contribution in [-0.2, 0) is 4.79 Å². The van der Waals surface area contributed by atoms with E-state index < -0.39 is 0 Å². The Hall–Kier alpha value is -0.610. The second kappa shape index (κ2) is 6.23. The Balaban J connectivity index is 1.98. The second-order valence-electron chi connectivity index (χ2n) is 6.52. The molecule has 5 atom stereocenters. The highest BCUT2D eigenvalue weighted by atomic mass is 16.3. The van der Waals surface area contributed by atoms with Crippen LogP contribution in [0, 0.1) is 17.8 Å². The molecule has 0 aromatic carbocycles. The van der Waals surface area contributed by atoms with Crippen molar-refractivity contribution in [2.75, 3.05) is 13.2 Å². The fourth-order valence-electron chi connectivity index (χ4n) is 3.74. The normalized spacial score (nSPS) is 37.4. The van der Waals surface area contributed by atoms with Crippen molar-refractivity contribution in [1.82, 2.24) is 4.90 Å². The lowest BCUT2D eigenvalue weighted by molar-refractivity contribution is -0.139. The van der Waals surface area contributed by atoms with Gasteiger partial charge in [0.05, 0.1) is 12.6 Å². The van der Waals surface area contributed by atoms with Crippen LogP contribution < -0.4 is 5.73 Å². The SMILES string of the molecule is CC1CCN(C(=O)C(C)C2CCCC(N)C2)C1CO. The summed E-state index contributed by atoms with van der Waals surface area (Å²) in [5.41, 5.74) is 6.03. The lowest BCUT2D eigenvalue weighted by Gasteiger charge is -2.34. The topological polar surface area (TPSA) is 66.6 Å². The van der Waals surface area contributed by atoms with Gasteiger partial charge in [0, 0.05) is 18.5 Å². The molecule has 0 aromatic heterocycles. The van der Waals surface area contributed by atoms with Gasteiger partial charge in [-0.25, -0.2) is 0 Å². The van der Waals surface area contributed by atoms with Crippen LogP contribution in [0.5, 0.6) is 0 Å². The zero-order chi connectivity index (χ0) is 14.0. The minimum Gasteiger partial charge on any atom is -0.394 e. The number of carbonyl (C=O) groups excluding carboxylic acids is 1. The van der Waals surface area contributed by atoms with Gasteiger partial charge in [0.1, 0.15) is 0 Å². The van der Waals surface area contributed by atoms with Crippen LogP contribution in [0.1, 0.15) is 46.0 Å².